The molecule has 3 N–H and O–H groups in total. The van der Waals surface area contributed by atoms with Crippen LogP contribution in [0.1, 0.15) is 60.2 Å². The minimum absolute atomic E-state index is 0.0376. The van der Waals surface area contributed by atoms with E-state index in [1.165, 1.54) is 25.5 Å². The predicted molar refractivity (Wildman–Crippen MR) is 139 cm³/mol. The number of methoxy groups -OCH3 is 1. The van der Waals surface area contributed by atoms with E-state index in [1.807, 2.05) is 13.8 Å². The molecule has 1 saturated heterocycles. The molecule has 1 spiro atoms. The van der Waals surface area contributed by atoms with Crippen LogP contribution in [0.15, 0.2) is 47.7 Å². The van der Waals surface area contributed by atoms with E-state index in [0.717, 1.165) is 5.57 Å². The number of hydrogen-bond donors (Lipinski definition) is 3. The van der Waals surface area contributed by atoms with Crippen molar-refractivity contribution in [2.45, 2.75) is 45.6 Å². The fourth-order valence-electron chi connectivity index (χ4n) is 5.13. The Balaban J connectivity index is 1.51. The summed E-state index contributed by atoms with van der Waals surface area (Å²) in [6.45, 7) is 4.97. The van der Waals surface area contributed by atoms with Crippen molar-refractivity contribution < 1.29 is 24.2 Å². The Morgan fingerprint density at radius 3 is 2.38 bits per heavy atom. The lowest BCUT2D eigenvalue weighted by Crippen LogP contribution is -2.46. The summed E-state index contributed by atoms with van der Waals surface area (Å²) >= 11 is 0. The van der Waals surface area contributed by atoms with E-state index in [9.17, 15) is 14.4 Å². The van der Waals surface area contributed by atoms with Crippen LogP contribution in [-0.4, -0.2) is 65.1 Å². The Bertz CT molecular complexity index is 1260. The van der Waals surface area contributed by atoms with E-state index in [4.69, 9.17) is 15.3 Å². The van der Waals surface area contributed by atoms with Crippen LogP contribution in [0.4, 0.5) is 0 Å². The Morgan fingerprint density at radius 1 is 1.14 bits per heavy atom. The number of nitrogens with one attached hydrogen (secondary N) is 2. The molecule has 2 aliphatic rings. The van der Waals surface area contributed by atoms with Gasteiger partial charge in [-0.05, 0) is 62.3 Å². The van der Waals surface area contributed by atoms with Crippen molar-refractivity contribution in [2.75, 3.05) is 20.2 Å². The number of amides is 1. The third kappa shape index (κ3) is 5.55. The molecule has 1 aromatic heterocycles. The molecule has 0 atom stereocenters. The highest BCUT2D eigenvalue weighted by atomic mass is 16.5. The third-order valence-electron chi connectivity index (χ3n) is 7.11. The monoisotopic (exact) mass is 504 g/mol. The molecule has 0 bridgehead atoms. The zero-order valence-electron chi connectivity index (χ0n) is 21.3. The van der Waals surface area contributed by atoms with E-state index in [2.05, 4.69) is 10.3 Å². The second-order valence-corrected chi connectivity index (χ2v) is 10.1. The van der Waals surface area contributed by atoms with Crippen molar-refractivity contribution in [3.05, 3.63) is 58.8 Å². The molecule has 1 fully saturated rings. The third-order valence-corrected chi connectivity index (χ3v) is 7.11. The first kappa shape index (κ1) is 26.1. The standard InChI is InChI=1S/C28H32N4O5/c1-17(2)30-25-21(16-29)14-28(15-23(25)33)8-10-32(11-9-28)26(34)20-12-22(31-24(13-20)37-3)18-4-6-19(7-5-18)27(35)36/h4-7,12-13,16-17,29-30H,8-11,14-15H2,1-3H3,(H,35,36). The number of carbonyl (C=O) groups is 3. The Kier molecular flexibility index (Phi) is 7.42. The molecule has 194 valence electrons. The van der Waals surface area contributed by atoms with Gasteiger partial charge in [-0.3, -0.25) is 9.59 Å². The number of aromatic nitrogens is 1. The van der Waals surface area contributed by atoms with Crippen molar-refractivity contribution in [2.24, 2.45) is 5.41 Å². The lowest BCUT2D eigenvalue weighted by molar-refractivity contribution is -0.119. The zero-order chi connectivity index (χ0) is 26.7. The van der Waals surface area contributed by atoms with Gasteiger partial charge in [0.15, 0.2) is 5.78 Å². The second-order valence-electron chi connectivity index (χ2n) is 10.1. The van der Waals surface area contributed by atoms with E-state index >= 15 is 0 Å². The maximum Gasteiger partial charge on any atom is 0.335 e. The molecule has 1 aromatic carbocycles. The molecule has 4 rings (SSSR count). The largest absolute Gasteiger partial charge is 0.481 e. The van der Waals surface area contributed by atoms with Crippen molar-refractivity contribution >= 4 is 23.9 Å². The molecule has 9 heteroatoms. The molecule has 0 unspecified atom stereocenters. The van der Waals surface area contributed by atoms with Crippen LogP contribution >= 0.6 is 0 Å². The second kappa shape index (κ2) is 10.5. The summed E-state index contributed by atoms with van der Waals surface area (Å²) in [5.41, 5.74) is 2.84. The Labute approximate surface area is 216 Å². The molecule has 1 aliphatic heterocycles. The molecular weight excluding hydrogens is 472 g/mol. The summed E-state index contributed by atoms with van der Waals surface area (Å²) in [7, 11) is 1.48. The average Bonchev–Trinajstić information content (AvgIpc) is 2.89. The SMILES string of the molecule is COc1cc(C(=O)N2CCC3(CC2)CC(=O)C(NC(C)C)=C(C=N)C3)cc(-c2ccc(C(=O)O)cc2)n1. The first-order valence-corrected chi connectivity index (χ1v) is 12.4. The summed E-state index contributed by atoms with van der Waals surface area (Å²) in [6, 6.07) is 9.70. The van der Waals surface area contributed by atoms with E-state index in [-0.39, 0.29) is 28.7 Å². The number of ketones is 1. The topological polar surface area (TPSA) is 133 Å². The normalized spacial score (nSPS) is 17.2. The summed E-state index contributed by atoms with van der Waals surface area (Å²) in [6.07, 6.45) is 3.72. The number of hydrogen-bond acceptors (Lipinski definition) is 7. The maximum absolute atomic E-state index is 13.5. The number of carboxylic acid groups (broad SMARTS) is 1. The van der Waals surface area contributed by atoms with Gasteiger partial charge < -0.3 is 25.5 Å². The number of pyridine rings is 1. The first-order chi connectivity index (χ1) is 17.6. The average molecular weight is 505 g/mol. The lowest BCUT2D eigenvalue weighted by atomic mass is 9.67. The molecule has 2 aromatic rings. The molecule has 1 aliphatic carbocycles. The zero-order valence-corrected chi connectivity index (χ0v) is 21.3. The van der Waals surface area contributed by atoms with Gasteiger partial charge in [0.05, 0.1) is 24.1 Å². The molecule has 2 heterocycles. The van der Waals surface area contributed by atoms with Gasteiger partial charge in [-0.25, -0.2) is 9.78 Å². The number of nitrogens with zero attached hydrogens (tertiary/aromatic N) is 2. The molecular formula is C28H32N4O5. The van der Waals surface area contributed by atoms with E-state index < -0.39 is 5.97 Å². The number of piperidine rings is 1. The predicted octanol–water partition coefficient (Wildman–Crippen LogP) is 3.94. The molecule has 1 amide bonds. The smallest absolute Gasteiger partial charge is 0.335 e. The molecule has 0 saturated carbocycles. The highest BCUT2D eigenvalue weighted by Crippen LogP contribution is 2.45. The van der Waals surface area contributed by atoms with Gasteiger partial charge in [0, 0.05) is 49.0 Å². The minimum atomic E-state index is -1.01. The molecule has 9 nitrogen and oxygen atoms in total. The van der Waals surface area contributed by atoms with Gasteiger partial charge >= 0.3 is 5.97 Å². The van der Waals surface area contributed by atoms with E-state index in [1.54, 1.807) is 29.2 Å². The van der Waals surface area contributed by atoms with Crippen molar-refractivity contribution in [3.8, 4) is 17.1 Å². The molecule has 0 radical (unpaired) electrons. The van der Waals surface area contributed by atoms with Gasteiger partial charge in [0.2, 0.25) is 5.88 Å². The number of carboxylic acids is 1. The number of likely N-dealkylation sites (tertiary alicyclic amines) is 1. The highest BCUT2D eigenvalue weighted by Gasteiger charge is 2.42. The number of benzene rings is 1. The van der Waals surface area contributed by atoms with Crippen LogP contribution in [0.5, 0.6) is 5.88 Å². The number of allylic oxidation sites excluding steroid dienone is 2. The quantitative estimate of drug-likeness (QED) is 0.487. The van der Waals surface area contributed by atoms with Crippen LogP contribution in [0.3, 0.4) is 0 Å². The summed E-state index contributed by atoms with van der Waals surface area (Å²) in [5.74, 6) is -0.832. The minimum Gasteiger partial charge on any atom is -0.481 e. The Morgan fingerprint density at radius 2 is 1.81 bits per heavy atom. The van der Waals surface area contributed by atoms with Crippen LogP contribution in [0.25, 0.3) is 11.3 Å². The highest BCUT2D eigenvalue weighted by molar-refractivity contribution is 6.02. The van der Waals surface area contributed by atoms with Crippen LogP contribution < -0.4 is 10.1 Å². The summed E-state index contributed by atoms with van der Waals surface area (Å²) in [5, 5.41) is 20.2. The Hall–Kier alpha value is -4.01. The van der Waals surface area contributed by atoms with Crippen LogP contribution in [-0.2, 0) is 4.79 Å². The van der Waals surface area contributed by atoms with Crippen molar-refractivity contribution in [1.82, 2.24) is 15.2 Å². The van der Waals surface area contributed by atoms with Gasteiger partial charge in [0.1, 0.15) is 0 Å². The van der Waals surface area contributed by atoms with Gasteiger partial charge in [-0.1, -0.05) is 12.1 Å². The maximum atomic E-state index is 13.5. The van der Waals surface area contributed by atoms with E-state index in [0.29, 0.717) is 67.2 Å². The van der Waals surface area contributed by atoms with Crippen LogP contribution in [0.2, 0.25) is 0 Å². The summed E-state index contributed by atoms with van der Waals surface area (Å²) in [4.78, 5) is 43.8. The van der Waals surface area contributed by atoms with Gasteiger partial charge in [-0.2, -0.15) is 0 Å². The number of Topliss-reactive ketones (excluding diaryl/α,β-unsaturated/α-hetero) is 1. The number of rotatable bonds is 7. The van der Waals surface area contributed by atoms with Gasteiger partial charge in [0.25, 0.3) is 5.91 Å². The summed E-state index contributed by atoms with van der Waals surface area (Å²) < 4.78 is 5.33. The van der Waals surface area contributed by atoms with Crippen molar-refractivity contribution in [3.63, 3.8) is 0 Å². The fraction of sp³-hybridized carbons (Fsp3) is 0.393. The van der Waals surface area contributed by atoms with Crippen LogP contribution in [0, 0.1) is 10.8 Å². The number of aromatic carboxylic acids is 1. The molecule has 37 heavy (non-hydrogen) atoms. The first-order valence-electron chi connectivity index (χ1n) is 12.4. The lowest BCUT2D eigenvalue weighted by Gasteiger charge is -2.44. The number of ether oxygens (including phenoxy) is 1. The van der Waals surface area contributed by atoms with Gasteiger partial charge in [-0.15, -0.1) is 0 Å². The van der Waals surface area contributed by atoms with Crippen molar-refractivity contribution in [1.29, 1.82) is 5.41 Å². The number of carbonyl (C=O) groups excluding carboxylic acids is 2. The fourth-order valence-corrected chi connectivity index (χ4v) is 5.13.